The fourth-order valence-corrected chi connectivity index (χ4v) is 4.90. The van der Waals surface area contributed by atoms with Crippen LogP contribution in [0.25, 0.3) is 0 Å². The Morgan fingerprint density at radius 2 is 1.69 bits per heavy atom. The maximum Gasteiger partial charge on any atom is 0.216 e. The van der Waals surface area contributed by atoms with Crippen LogP contribution in [-0.2, 0) is 4.79 Å². The van der Waals surface area contributed by atoms with Gasteiger partial charge in [-0.05, 0) is 55.3 Å². The second-order valence-corrected chi connectivity index (χ2v) is 6.67. The first kappa shape index (κ1) is 10.6. The molecular formula is C14H23NO. The normalized spacial score (nSPS) is 45.4. The van der Waals surface area contributed by atoms with Crippen LogP contribution in [-0.4, -0.2) is 12.5 Å². The molecular weight excluding hydrogens is 198 g/mol. The van der Waals surface area contributed by atoms with E-state index in [1.807, 2.05) is 0 Å². The number of hydrogen-bond acceptors (Lipinski definition) is 1. The van der Waals surface area contributed by atoms with E-state index in [1.54, 1.807) is 6.92 Å². The highest BCUT2D eigenvalue weighted by Gasteiger charge is 2.48. The Morgan fingerprint density at radius 1 is 1.12 bits per heavy atom. The van der Waals surface area contributed by atoms with E-state index >= 15 is 0 Å². The molecule has 2 nitrogen and oxygen atoms in total. The van der Waals surface area contributed by atoms with E-state index in [0.29, 0.717) is 5.41 Å². The van der Waals surface area contributed by atoms with Crippen LogP contribution >= 0.6 is 0 Å². The van der Waals surface area contributed by atoms with Gasteiger partial charge >= 0.3 is 0 Å². The molecule has 1 N–H and O–H groups in total. The summed E-state index contributed by atoms with van der Waals surface area (Å²) in [5.41, 5.74) is 0.485. The zero-order valence-electron chi connectivity index (χ0n) is 10.3. The lowest BCUT2D eigenvalue weighted by molar-refractivity contribution is -0.120. The second kappa shape index (κ2) is 3.75. The molecule has 4 rings (SSSR count). The lowest BCUT2D eigenvalue weighted by atomic mass is 9.58. The molecule has 16 heavy (non-hydrogen) atoms. The van der Waals surface area contributed by atoms with Crippen molar-refractivity contribution < 1.29 is 4.79 Å². The Hall–Kier alpha value is -0.530. The summed E-state index contributed by atoms with van der Waals surface area (Å²) in [6.07, 6.45) is 10.1. The van der Waals surface area contributed by atoms with Crippen molar-refractivity contribution in [2.24, 2.45) is 23.2 Å². The summed E-state index contributed by atoms with van der Waals surface area (Å²) in [6, 6.07) is 0. The second-order valence-electron chi connectivity index (χ2n) is 6.67. The first-order valence-electron chi connectivity index (χ1n) is 6.90. The van der Waals surface area contributed by atoms with Crippen molar-refractivity contribution in [2.75, 3.05) is 6.54 Å². The number of carbonyl (C=O) groups is 1. The summed E-state index contributed by atoms with van der Waals surface area (Å²) < 4.78 is 0. The molecule has 0 spiro atoms. The van der Waals surface area contributed by atoms with Crippen LogP contribution in [0.4, 0.5) is 0 Å². The van der Waals surface area contributed by atoms with Gasteiger partial charge in [-0.3, -0.25) is 4.79 Å². The monoisotopic (exact) mass is 221 g/mol. The smallest absolute Gasteiger partial charge is 0.216 e. The molecule has 90 valence electrons. The number of fused-ring (bicyclic) bond motifs is 1. The van der Waals surface area contributed by atoms with E-state index in [2.05, 4.69) is 5.32 Å². The summed E-state index contributed by atoms with van der Waals surface area (Å²) in [6.45, 7) is 2.60. The predicted octanol–water partition coefficient (Wildman–Crippen LogP) is 2.73. The fraction of sp³-hybridized carbons (Fsp3) is 0.929. The van der Waals surface area contributed by atoms with Gasteiger partial charge in [-0.25, -0.2) is 0 Å². The Balaban J connectivity index is 1.76. The van der Waals surface area contributed by atoms with Gasteiger partial charge in [0.1, 0.15) is 0 Å². The highest BCUT2D eigenvalue weighted by atomic mass is 16.1. The SMILES string of the molecule is CC(=O)NCC12CC3CCC(CC(C3)C1)C2. The van der Waals surface area contributed by atoms with Gasteiger partial charge in [-0.1, -0.05) is 12.8 Å². The maximum absolute atomic E-state index is 11.1. The molecule has 2 atom stereocenters. The fourth-order valence-electron chi connectivity index (χ4n) is 4.90. The van der Waals surface area contributed by atoms with Crippen molar-refractivity contribution in [3.05, 3.63) is 0 Å². The van der Waals surface area contributed by atoms with Crippen LogP contribution in [0.2, 0.25) is 0 Å². The summed E-state index contributed by atoms with van der Waals surface area (Å²) in [4.78, 5) is 11.1. The molecule has 0 radical (unpaired) electrons. The van der Waals surface area contributed by atoms with Crippen molar-refractivity contribution in [3.8, 4) is 0 Å². The maximum atomic E-state index is 11.1. The third-order valence-electron chi connectivity index (χ3n) is 5.19. The summed E-state index contributed by atoms with van der Waals surface area (Å²) in [7, 11) is 0. The lowest BCUT2D eigenvalue weighted by Gasteiger charge is -2.48. The van der Waals surface area contributed by atoms with Gasteiger partial charge in [0.2, 0.25) is 5.91 Å². The van der Waals surface area contributed by atoms with E-state index in [-0.39, 0.29) is 5.91 Å². The van der Waals surface area contributed by atoms with Crippen molar-refractivity contribution in [3.63, 3.8) is 0 Å². The Labute approximate surface area is 98.2 Å². The van der Waals surface area contributed by atoms with Crippen LogP contribution in [0.1, 0.15) is 51.9 Å². The quantitative estimate of drug-likeness (QED) is 0.763. The lowest BCUT2D eigenvalue weighted by Crippen LogP contribution is -2.45. The minimum atomic E-state index is 0.148. The minimum Gasteiger partial charge on any atom is -0.356 e. The molecule has 0 aromatic rings. The number of rotatable bonds is 2. The topological polar surface area (TPSA) is 29.1 Å². The largest absolute Gasteiger partial charge is 0.356 e. The number of hydrogen-bond donors (Lipinski definition) is 1. The summed E-state index contributed by atoms with van der Waals surface area (Å²) in [5, 5.41) is 3.09. The third kappa shape index (κ3) is 1.87. The Bertz CT molecular complexity index is 283. The van der Waals surface area contributed by atoms with E-state index in [9.17, 15) is 4.79 Å². The zero-order chi connectivity index (χ0) is 11.2. The van der Waals surface area contributed by atoms with Gasteiger partial charge in [0.15, 0.2) is 0 Å². The number of nitrogens with one attached hydrogen (secondary N) is 1. The zero-order valence-corrected chi connectivity index (χ0v) is 10.3. The van der Waals surface area contributed by atoms with Gasteiger partial charge in [-0.15, -0.1) is 0 Å². The van der Waals surface area contributed by atoms with Gasteiger partial charge in [0.05, 0.1) is 0 Å². The van der Waals surface area contributed by atoms with Gasteiger partial charge in [0.25, 0.3) is 0 Å². The van der Waals surface area contributed by atoms with Crippen molar-refractivity contribution >= 4 is 5.91 Å². The molecule has 4 fully saturated rings. The minimum absolute atomic E-state index is 0.148. The molecule has 4 aliphatic rings. The summed E-state index contributed by atoms with van der Waals surface area (Å²) >= 11 is 0. The molecule has 0 aromatic heterocycles. The van der Waals surface area contributed by atoms with Gasteiger partial charge in [0, 0.05) is 13.5 Å². The molecule has 0 heterocycles. The average molecular weight is 221 g/mol. The highest BCUT2D eigenvalue weighted by molar-refractivity contribution is 5.72. The van der Waals surface area contributed by atoms with E-state index in [1.165, 1.54) is 44.9 Å². The molecule has 0 aromatic carbocycles. The molecule has 1 amide bonds. The Morgan fingerprint density at radius 3 is 2.25 bits per heavy atom. The molecule has 4 saturated carbocycles. The third-order valence-corrected chi connectivity index (χ3v) is 5.19. The van der Waals surface area contributed by atoms with Crippen LogP contribution in [0.15, 0.2) is 0 Å². The van der Waals surface area contributed by atoms with Crippen molar-refractivity contribution in [2.45, 2.75) is 51.9 Å². The van der Waals surface area contributed by atoms with E-state index in [4.69, 9.17) is 0 Å². The van der Waals surface area contributed by atoms with Crippen LogP contribution < -0.4 is 5.32 Å². The highest BCUT2D eigenvalue weighted by Crippen LogP contribution is 2.57. The van der Waals surface area contributed by atoms with Crippen LogP contribution in [0.5, 0.6) is 0 Å². The molecule has 0 aliphatic heterocycles. The summed E-state index contributed by atoms with van der Waals surface area (Å²) in [5.74, 6) is 3.07. The molecule has 4 bridgehead atoms. The van der Waals surface area contributed by atoms with E-state index in [0.717, 1.165) is 24.3 Å². The van der Waals surface area contributed by atoms with Crippen molar-refractivity contribution in [1.29, 1.82) is 0 Å². The predicted molar refractivity (Wildman–Crippen MR) is 63.9 cm³/mol. The Kier molecular flexibility index (Phi) is 2.49. The number of carbonyl (C=O) groups excluding carboxylic acids is 1. The number of amides is 1. The van der Waals surface area contributed by atoms with E-state index < -0.39 is 0 Å². The average Bonchev–Trinajstić information content (AvgIpc) is 2.42. The molecule has 2 unspecified atom stereocenters. The standard InChI is InChI=1S/C14H23NO/c1-10(16)15-9-14-6-11-2-3-12(7-14)5-13(4-11)8-14/h11-13H,2-9H2,1H3,(H,15,16). The van der Waals surface area contributed by atoms with Gasteiger partial charge < -0.3 is 5.32 Å². The molecule has 4 aliphatic carbocycles. The molecule has 2 heteroatoms. The van der Waals surface area contributed by atoms with Crippen LogP contribution in [0.3, 0.4) is 0 Å². The van der Waals surface area contributed by atoms with Gasteiger partial charge in [-0.2, -0.15) is 0 Å². The first-order valence-corrected chi connectivity index (χ1v) is 6.90. The molecule has 0 saturated heterocycles. The van der Waals surface area contributed by atoms with Crippen LogP contribution in [0, 0.1) is 23.2 Å². The first-order chi connectivity index (χ1) is 7.65. The van der Waals surface area contributed by atoms with Crippen molar-refractivity contribution in [1.82, 2.24) is 5.32 Å².